The van der Waals surface area contributed by atoms with Crippen LogP contribution in [0.2, 0.25) is 0 Å². The highest BCUT2D eigenvalue weighted by atomic mass is 16.6. The minimum atomic E-state index is -0.559. The second-order valence-electron chi connectivity index (χ2n) is 5.50. The molecule has 0 bridgehead atoms. The Bertz CT molecular complexity index is 588. The van der Waals surface area contributed by atoms with E-state index in [1.54, 1.807) is 0 Å². The molecule has 0 aliphatic heterocycles. The summed E-state index contributed by atoms with van der Waals surface area (Å²) in [5.41, 5.74) is 5.99. The summed E-state index contributed by atoms with van der Waals surface area (Å²) in [7, 11) is 0. The van der Waals surface area contributed by atoms with E-state index in [1.165, 1.54) is 24.3 Å². The van der Waals surface area contributed by atoms with Gasteiger partial charge in [-0.15, -0.1) is 0 Å². The lowest BCUT2D eigenvalue weighted by atomic mass is 9.84. The Hall–Kier alpha value is -2.28. The maximum Gasteiger partial charge on any atom is 0.270 e. The van der Waals surface area contributed by atoms with Gasteiger partial charge in [-0.25, -0.2) is 0 Å². The second kappa shape index (κ2) is 7.13. The number of nitrogens with one attached hydrogen (secondary N) is 1. The van der Waals surface area contributed by atoms with Crippen LogP contribution in [-0.4, -0.2) is 29.2 Å². The van der Waals surface area contributed by atoms with Crippen molar-refractivity contribution in [2.45, 2.75) is 31.7 Å². The third-order valence-electron chi connectivity index (χ3n) is 3.96. The van der Waals surface area contributed by atoms with Crippen LogP contribution in [-0.2, 0) is 4.79 Å². The first-order chi connectivity index (χ1) is 10.5. The Labute approximate surface area is 128 Å². The summed E-state index contributed by atoms with van der Waals surface area (Å²) in [4.78, 5) is 34.2. The van der Waals surface area contributed by atoms with Crippen molar-refractivity contribution in [1.82, 2.24) is 5.32 Å². The molecule has 1 aromatic carbocycles. The highest BCUT2D eigenvalue weighted by Gasteiger charge is 2.28. The van der Waals surface area contributed by atoms with Crippen molar-refractivity contribution in [3.63, 3.8) is 0 Å². The van der Waals surface area contributed by atoms with E-state index in [-0.39, 0.29) is 41.4 Å². The number of carbonyl (C=O) groups excluding carboxylic acids is 2. The minimum absolute atomic E-state index is 0.147. The maximum atomic E-state index is 12.1. The summed E-state index contributed by atoms with van der Waals surface area (Å²) < 4.78 is 0. The fourth-order valence-electron chi connectivity index (χ4n) is 2.68. The molecule has 22 heavy (non-hydrogen) atoms. The SMILES string of the molecule is N[C@H]1CCCC[C@H]1C(=O)NCC(=O)c1cccc([N+](=O)[O-])c1. The molecule has 2 atom stereocenters. The zero-order valence-electron chi connectivity index (χ0n) is 12.2. The Morgan fingerprint density at radius 2 is 2.05 bits per heavy atom. The van der Waals surface area contributed by atoms with Crippen LogP contribution in [0.1, 0.15) is 36.0 Å². The highest BCUT2D eigenvalue weighted by molar-refractivity contribution is 6.00. The summed E-state index contributed by atoms with van der Waals surface area (Å²) in [5, 5.41) is 13.3. The molecule has 1 saturated carbocycles. The number of rotatable bonds is 5. The third kappa shape index (κ3) is 3.88. The quantitative estimate of drug-likeness (QED) is 0.485. The average molecular weight is 305 g/mol. The van der Waals surface area contributed by atoms with Crippen LogP contribution >= 0.6 is 0 Å². The highest BCUT2D eigenvalue weighted by Crippen LogP contribution is 2.23. The first kappa shape index (κ1) is 16.1. The topological polar surface area (TPSA) is 115 Å². The summed E-state index contributed by atoms with van der Waals surface area (Å²) in [6.07, 6.45) is 3.54. The molecule has 1 fully saturated rings. The fourth-order valence-corrected chi connectivity index (χ4v) is 2.68. The smallest absolute Gasteiger partial charge is 0.270 e. The molecule has 1 aliphatic rings. The molecule has 1 amide bonds. The maximum absolute atomic E-state index is 12.1. The summed E-state index contributed by atoms with van der Waals surface area (Å²) >= 11 is 0. The molecule has 0 heterocycles. The van der Waals surface area contributed by atoms with E-state index in [0.29, 0.717) is 0 Å². The molecular formula is C15H19N3O4. The van der Waals surface area contributed by atoms with Gasteiger partial charge in [-0.3, -0.25) is 19.7 Å². The van der Waals surface area contributed by atoms with Crippen molar-refractivity contribution in [1.29, 1.82) is 0 Å². The number of benzene rings is 1. The monoisotopic (exact) mass is 305 g/mol. The zero-order chi connectivity index (χ0) is 16.1. The number of nitro groups is 1. The summed E-state index contributed by atoms with van der Waals surface area (Å²) in [6, 6.07) is 5.30. The van der Waals surface area contributed by atoms with Gasteiger partial charge in [-0.2, -0.15) is 0 Å². The van der Waals surface area contributed by atoms with Crippen LogP contribution in [0.5, 0.6) is 0 Å². The molecule has 1 aliphatic carbocycles. The third-order valence-corrected chi connectivity index (χ3v) is 3.96. The van der Waals surface area contributed by atoms with Gasteiger partial charge in [0.05, 0.1) is 17.4 Å². The van der Waals surface area contributed by atoms with Crippen molar-refractivity contribution in [3.8, 4) is 0 Å². The van der Waals surface area contributed by atoms with Crippen LogP contribution in [0.4, 0.5) is 5.69 Å². The number of nitro benzene ring substituents is 1. The first-order valence-corrected chi connectivity index (χ1v) is 7.30. The Balaban J connectivity index is 1.93. The predicted octanol–water partition coefficient (Wildman–Crippen LogP) is 1.41. The molecule has 7 nitrogen and oxygen atoms in total. The number of hydrogen-bond donors (Lipinski definition) is 2. The van der Waals surface area contributed by atoms with E-state index >= 15 is 0 Å². The van der Waals surface area contributed by atoms with Gasteiger partial charge in [0.15, 0.2) is 5.78 Å². The lowest BCUT2D eigenvalue weighted by molar-refractivity contribution is -0.384. The summed E-state index contributed by atoms with van der Waals surface area (Å²) in [5.74, 6) is -0.834. The molecule has 0 aromatic heterocycles. The van der Waals surface area contributed by atoms with Crippen LogP contribution in [0, 0.1) is 16.0 Å². The standard InChI is InChI=1S/C15H19N3O4/c16-13-7-2-1-6-12(13)15(20)17-9-14(19)10-4-3-5-11(8-10)18(21)22/h3-5,8,12-13H,1-2,6-7,9,16H2,(H,17,20)/t12-,13+/m1/s1. The van der Waals surface area contributed by atoms with Crippen molar-refractivity contribution in [2.75, 3.05) is 6.54 Å². The van der Waals surface area contributed by atoms with E-state index < -0.39 is 4.92 Å². The molecular weight excluding hydrogens is 286 g/mol. The number of ketones is 1. The minimum Gasteiger partial charge on any atom is -0.348 e. The lowest BCUT2D eigenvalue weighted by Crippen LogP contribution is -2.44. The fraction of sp³-hybridized carbons (Fsp3) is 0.467. The number of non-ortho nitro benzene ring substituents is 1. The van der Waals surface area contributed by atoms with Crippen molar-refractivity contribution in [3.05, 3.63) is 39.9 Å². The van der Waals surface area contributed by atoms with E-state index in [2.05, 4.69) is 5.32 Å². The molecule has 0 unspecified atom stereocenters. The predicted molar refractivity (Wildman–Crippen MR) is 80.4 cm³/mol. The Morgan fingerprint density at radius 1 is 1.32 bits per heavy atom. The number of hydrogen-bond acceptors (Lipinski definition) is 5. The molecule has 118 valence electrons. The van der Waals surface area contributed by atoms with Crippen molar-refractivity contribution < 1.29 is 14.5 Å². The van der Waals surface area contributed by atoms with Gasteiger partial charge in [-0.1, -0.05) is 25.0 Å². The number of nitrogens with zero attached hydrogens (tertiary/aromatic N) is 1. The van der Waals surface area contributed by atoms with Gasteiger partial charge < -0.3 is 11.1 Å². The molecule has 7 heteroatoms. The van der Waals surface area contributed by atoms with Gasteiger partial charge in [-0.05, 0) is 12.8 Å². The molecule has 0 spiro atoms. The van der Waals surface area contributed by atoms with E-state index in [0.717, 1.165) is 25.7 Å². The number of carbonyl (C=O) groups is 2. The van der Waals surface area contributed by atoms with Crippen molar-refractivity contribution in [2.24, 2.45) is 11.7 Å². The Kier molecular flexibility index (Phi) is 5.21. The van der Waals surface area contributed by atoms with Crippen LogP contribution in [0.25, 0.3) is 0 Å². The first-order valence-electron chi connectivity index (χ1n) is 7.30. The molecule has 2 rings (SSSR count). The summed E-state index contributed by atoms with van der Waals surface area (Å²) in [6.45, 7) is -0.177. The van der Waals surface area contributed by atoms with Gasteiger partial charge in [0.2, 0.25) is 5.91 Å². The van der Waals surface area contributed by atoms with E-state index in [9.17, 15) is 19.7 Å². The van der Waals surface area contributed by atoms with E-state index in [4.69, 9.17) is 5.73 Å². The number of Topliss-reactive ketones (excluding diaryl/α,β-unsaturated/α-hetero) is 1. The average Bonchev–Trinajstić information content (AvgIpc) is 2.52. The second-order valence-corrected chi connectivity index (χ2v) is 5.50. The zero-order valence-corrected chi connectivity index (χ0v) is 12.2. The Morgan fingerprint density at radius 3 is 2.73 bits per heavy atom. The van der Waals surface area contributed by atoms with Crippen LogP contribution < -0.4 is 11.1 Å². The molecule has 3 N–H and O–H groups in total. The largest absolute Gasteiger partial charge is 0.348 e. The number of amides is 1. The normalized spacial score (nSPS) is 21.1. The van der Waals surface area contributed by atoms with Gasteiger partial charge in [0, 0.05) is 23.7 Å². The van der Waals surface area contributed by atoms with E-state index in [1.807, 2.05) is 0 Å². The molecule has 1 aromatic rings. The van der Waals surface area contributed by atoms with Crippen LogP contribution in [0.3, 0.4) is 0 Å². The molecule has 0 radical (unpaired) electrons. The van der Waals surface area contributed by atoms with Gasteiger partial charge in [0.25, 0.3) is 5.69 Å². The van der Waals surface area contributed by atoms with Gasteiger partial charge in [0.1, 0.15) is 0 Å². The molecule has 0 saturated heterocycles. The number of nitrogens with two attached hydrogens (primary N) is 1. The van der Waals surface area contributed by atoms with Crippen LogP contribution in [0.15, 0.2) is 24.3 Å². The van der Waals surface area contributed by atoms with Crippen molar-refractivity contribution >= 4 is 17.4 Å². The van der Waals surface area contributed by atoms with Gasteiger partial charge >= 0.3 is 0 Å². The lowest BCUT2D eigenvalue weighted by Gasteiger charge is -2.27.